The highest BCUT2D eigenvalue weighted by Crippen LogP contribution is 2.35. The summed E-state index contributed by atoms with van der Waals surface area (Å²) in [5.74, 6) is 0. The molecular formula is C8H18O3P. The largest absolute Gasteiger partial charge is 0.369 e. The van der Waals surface area contributed by atoms with E-state index in [1.165, 1.54) is 0 Å². The van der Waals surface area contributed by atoms with Gasteiger partial charge in [-0.3, -0.25) is 9.05 Å². The van der Waals surface area contributed by atoms with Crippen LogP contribution in [0.3, 0.4) is 0 Å². The van der Waals surface area contributed by atoms with Gasteiger partial charge in [0.05, 0.1) is 11.2 Å². The third kappa shape index (κ3) is 8.12. The van der Waals surface area contributed by atoms with Crippen LogP contribution in [0.1, 0.15) is 41.5 Å². The molecule has 0 fully saturated rings. The quantitative estimate of drug-likeness (QED) is 0.631. The van der Waals surface area contributed by atoms with Crippen LogP contribution < -0.4 is 0 Å². The minimum Gasteiger partial charge on any atom is -0.277 e. The van der Waals surface area contributed by atoms with Gasteiger partial charge in [0, 0.05) is 0 Å². The Morgan fingerprint density at radius 2 is 1.08 bits per heavy atom. The highest BCUT2D eigenvalue weighted by molar-refractivity contribution is 7.33. The van der Waals surface area contributed by atoms with Gasteiger partial charge in [-0.2, -0.15) is 0 Å². The van der Waals surface area contributed by atoms with Crippen LogP contribution in [-0.2, 0) is 13.6 Å². The van der Waals surface area contributed by atoms with Crippen LogP contribution in [0.25, 0.3) is 0 Å². The molecule has 73 valence electrons. The monoisotopic (exact) mass is 193 g/mol. The Morgan fingerprint density at radius 3 is 1.25 bits per heavy atom. The fraction of sp³-hybridized carbons (Fsp3) is 1.00. The molecule has 0 saturated carbocycles. The first kappa shape index (κ1) is 12.0. The Bertz CT molecular complexity index is 146. The molecule has 0 spiro atoms. The van der Waals surface area contributed by atoms with Crippen LogP contribution in [0.4, 0.5) is 0 Å². The van der Waals surface area contributed by atoms with Crippen molar-refractivity contribution in [3.8, 4) is 0 Å². The standard InChI is InChI=1S/C8H18O3P/c1-7(2,3)10-12(9)11-8(4,5)6/h1-6H3. The van der Waals surface area contributed by atoms with Crippen LogP contribution >= 0.6 is 8.25 Å². The van der Waals surface area contributed by atoms with Crippen molar-refractivity contribution in [2.75, 3.05) is 0 Å². The zero-order valence-corrected chi connectivity index (χ0v) is 9.57. The zero-order valence-electron chi connectivity index (χ0n) is 8.67. The summed E-state index contributed by atoms with van der Waals surface area (Å²) in [6, 6.07) is 0. The van der Waals surface area contributed by atoms with E-state index in [9.17, 15) is 4.57 Å². The summed E-state index contributed by atoms with van der Waals surface area (Å²) in [5, 5.41) is 0. The maximum Gasteiger partial charge on any atom is 0.369 e. The lowest BCUT2D eigenvalue weighted by atomic mass is 10.2. The van der Waals surface area contributed by atoms with Crippen molar-refractivity contribution in [1.29, 1.82) is 0 Å². The lowest BCUT2D eigenvalue weighted by Crippen LogP contribution is -2.19. The second-order valence-corrected chi connectivity index (χ2v) is 5.44. The summed E-state index contributed by atoms with van der Waals surface area (Å²) in [5.41, 5.74) is -0.836. The van der Waals surface area contributed by atoms with E-state index in [1.54, 1.807) is 0 Å². The summed E-state index contributed by atoms with van der Waals surface area (Å²) in [7, 11) is -2.01. The lowest BCUT2D eigenvalue weighted by Gasteiger charge is -2.22. The fourth-order valence-corrected chi connectivity index (χ4v) is 1.40. The molecule has 0 bridgehead atoms. The van der Waals surface area contributed by atoms with Gasteiger partial charge in [0.25, 0.3) is 0 Å². The van der Waals surface area contributed by atoms with Gasteiger partial charge >= 0.3 is 8.25 Å². The minimum absolute atomic E-state index is 0.418. The predicted octanol–water partition coefficient (Wildman–Crippen LogP) is 3.27. The summed E-state index contributed by atoms with van der Waals surface area (Å²) in [4.78, 5) is 0. The molecule has 4 heteroatoms. The van der Waals surface area contributed by atoms with Gasteiger partial charge in [0.1, 0.15) is 0 Å². The normalized spacial score (nSPS) is 13.2. The van der Waals surface area contributed by atoms with Crippen molar-refractivity contribution in [3.63, 3.8) is 0 Å². The van der Waals surface area contributed by atoms with Crippen molar-refractivity contribution in [2.24, 2.45) is 0 Å². The molecule has 0 aliphatic heterocycles. The van der Waals surface area contributed by atoms with E-state index in [0.717, 1.165) is 0 Å². The van der Waals surface area contributed by atoms with Crippen LogP contribution in [0.2, 0.25) is 0 Å². The second-order valence-electron chi connectivity index (χ2n) is 4.63. The maximum absolute atomic E-state index is 11.2. The Kier molecular flexibility index (Phi) is 3.83. The predicted molar refractivity (Wildman–Crippen MR) is 49.3 cm³/mol. The highest BCUT2D eigenvalue weighted by atomic mass is 31.1. The van der Waals surface area contributed by atoms with Gasteiger partial charge in [-0.15, -0.1) is 0 Å². The summed E-state index contributed by atoms with van der Waals surface area (Å²) < 4.78 is 21.4. The van der Waals surface area contributed by atoms with E-state index in [4.69, 9.17) is 9.05 Å². The first-order chi connectivity index (χ1) is 5.10. The summed E-state index contributed by atoms with van der Waals surface area (Å²) in [6.07, 6.45) is 0. The Morgan fingerprint density at radius 1 is 0.833 bits per heavy atom. The average molecular weight is 193 g/mol. The van der Waals surface area contributed by atoms with E-state index < -0.39 is 19.5 Å². The summed E-state index contributed by atoms with van der Waals surface area (Å²) >= 11 is 0. The third-order valence-corrected chi connectivity index (χ3v) is 2.09. The average Bonchev–Trinajstić information content (AvgIpc) is 1.49. The highest BCUT2D eigenvalue weighted by Gasteiger charge is 2.21. The Hall–Kier alpha value is 0.0200. The van der Waals surface area contributed by atoms with Crippen LogP contribution in [0.15, 0.2) is 0 Å². The number of rotatable bonds is 2. The Balaban J connectivity index is 3.92. The molecule has 0 aromatic rings. The molecule has 0 amide bonds. The van der Waals surface area contributed by atoms with Gasteiger partial charge in [-0.1, -0.05) is 0 Å². The molecule has 0 unspecified atom stereocenters. The molecule has 0 aliphatic carbocycles. The SMILES string of the molecule is CC(C)(C)O[P](=O)OC(C)(C)C. The third-order valence-electron chi connectivity index (χ3n) is 0.697. The molecule has 3 nitrogen and oxygen atoms in total. The molecule has 0 aromatic heterocycles. The van der Waals surface area contributed by atoms with Crippen molar-refractivity contribution >= 4 is 8.25 Å². The number of hydrogen-bond acceptors (Lipinski definition) is 3. The smallest absolute Gasteiger partial charge is 0.277 e. The first-order valence-electron chi connectivity index (χ1n) is 3.96. The van der Waals surface area contributed by atoms with Crippen molar-refractivity contribution in [1.82, 2.24) is 0 Å². The van der Waals surface area contributed by atoms with E-state index >= 15 is 0 Å². The molecule has 0 rings (SSSR count). The Labute approximate surface area is 75.4 Å². The van der Waals surface area contributed by atoms with E-state index in [0.29, 0.717) is 0 Å². The molecule has 0 aliphatic rings. The molecule has 0 aromatic carbocycles. The van der Waals surface area contributed by atoms with Crippen LogP contribution in [0.5, 0.6) is 0 Å². The van der Waals surface area contributed by atoms with Crippen LogP contribution in [-0.4, -0.2) is 11.2 Å². The van der Waals surface area contributed by atoms with Gasteiger partial charge < -0.3 is 0 Å². The molecule has 0 atom stereocenters. The minimum atomic E-state index is -2.01. The fourth-order valence-electron chi connectivity index (χ4n) is 0.466. The lowest BCUT2D eigenvalue weighted by molar-refractivity contribution is 0.0634. The van der Waals surface area contributed by atoms with Crippen LogP contribution in [0, 0.1) is 0 Å². The summed E-state index contributed by atoms with van der Waals surface area (Å²) in [6.45, 7) is 11.0. The van der Waals surface area contributed by atoms with E-state index in [-0.39, 0.29) is 0 Å². The van der Waals surface area contributed by atoms with Gasteiger partial charge in [0.15, 0.2) is 0 Å². The molecule has 0 saturated heterocycles. The molecule has 0 N–H and O–H groups in total. The maximum atomic E-state index is 11.2. The van der Waals surface area contributed by atoms with Gasteiger partial charge in [-0.25, -0.2) is 4.57 Å². The zero-order chi connectivity index (χ0) is 9.99. The van der Waals surface area contributed by atoms with Crippen molar-refractivity contribution in [2.45, 2.75) is 52.7 Å². The molecule has 12 heavy (non-hydrogen) atoms. The number of hydrogen-bond donors (Lipinski definition) is 0. The second kappa shape index (κ2) is 3.82. The first-order valence-corrected chi connectivity index (χ1v) is 5.05. The van der Waals surface area contributed by atoms with Crippen molar-refractivity contribution in [3.05, 3.63) is 0 Å². The molecular weight excluding hydrogens is 175 g/mol. The van der Waals surface area contributed by atoms with Gasteiger partial charge in [0.2, 0.25) is 0 Å². The van der Waals surface area contributed by atoms with E-state index in [1.807, 2.05) is 41.5 Å². The van der Waals surface area contributed by atoms with Crippen molar-refractivity contribution < 1.29 is 13.6 Å². The molecule has 0 heterocycles. The topological polar surface area (TPSA) is 35.5 Å². The molecule has 1 radical (unpaired) electrons. The van der Waals surface area contributed by atoms with E-state index in [2.05, 4.69) is 0 Å². The van der Waals surface area contributed by atoms with Gasteiger partial charge in [-0.05, 0) is 41.5 Å².